The van der Waals surface area contributed by atoms with E-state index in [0.29, 0.717) is 0 Å². The first-order valence-electron chi connectivity index (χ1n) is 4.65. The highest BCUT2D eigenvalue weighted by molar-refractivity contribution is 7.49. The molecule has 0 spiro atoms. The zero-order chi connectivity index (χ0) is 18.9. The summed E-state index contributed by atoms with van der Waals surface area (Å²) >= 11 is 29.3. The number of hydrogen-bond acceptors (Lipinski definition) is 4. The summed E-state index contributed by atoms with van der Waals surface area (Å²) in [6.07, 6.45) is -11.5. The first-order valence-corrected chi connectivity index (χ1v) is 8.38. The molecular formula is C6H3Cl6F6O4P. The molecule has 0 atom stereocenters. The van der Waals surface area contributed by atoms with Crippen LogP contribution in [-0.4, -0.2) is 32.8 Å². The minimum absolute atomic E-state index is 3.73. The third-order valence-electron chi connectivity index (χ3n) is 1.46. The minimum Gasteiger partial charge on any atom is -0.243 e. The maximum atomic E-state index is 12.5. The maximum Gasteiger partial charge on any atom is 0.483 e. The summed E-state index contributed by atoms with van der Waals surface area (Å²) < 4.78 is 86.9. The second kappa shape index (κ2) is 8.41. The van der Waals surface area contributed by atoms with Crippen LogP contribution in [0.2, 0.25) is 0 Å². The molecule has 0 N–H and O–H groups in total. The first-order chi connectivity index (χ1) is 9.95. The Kier molecular flexibility index (Phi) is 8.94. The molecule has 0 aliphatic rings. The molecule has 0 aromatic carbocycles. The van der Waals surface area contributed by atoms with Crippen molar-refractivity contribution in [2.45, 2.75) is 32.8 Å². The average Bonchev–Trinajstić information content (AvgIpc) is 2.24. The molecule has 0 heterocycles. The molecule has 0 bridgehead atoms. The quantitative estimate of drug-likeness (QED) is 0.212. The summed E-state index contributed by atoms with van der Waals surface area (Å²) in [6.45, 7) is 0. The lowest BCUT2D eigenvalue weighted by molar-refractivity contribution is -0.0535. The molecule has 0 aromatic rings. The SMILES string of the molecule is O=P(OC(Cl)(Cl)C(F)F)(OC(Cl)(Cl)C(F)F)OC(Cl)(Cl)C(F)F. The molecule has 0 aliphatic carbocycles. The largest absolute Gasteiger partial charge is 0.483 e. The van der Waals surface area contributed by atoms with Crippen LogP contribution in [-0.2, 0) is 18.1 Å². The summed E-state index contributed by atoms with van der Waals surface area (Å²) in [6, 6.07) is 0. The molecule has 0 fully saturated rings. The van der Waals surface area contributed by atoms with E-state index in [-0.39, 0.29) is 0 Å². The standard InChI is InChI=1S/C6H3Cl6F6O4P/c7-4(8,1(13)14)20-23(19,21-5(9,10)2(15)16)22-6(11,12)3(17)18/h1-3H. The highest BCUT2D eigenvalue weighted by Gasteiger charge is 2.56. The minimum atomic E-state index is -5.98. The van der Waals surface area contributed by atoms with Crippen LogP contribution in [0.25, 0.3) is 0 Å². The summed E-state index contributed by atoms with van der Waals surface area (Å²) in [5.41, 5.74) is 0. The molecule has 0 aromatic heterocycles. The smallest absolute Gasteiger partial charge is 0.243 e. The van der Waals surface area contributed by atoms with E-state index in [1.165, 1.54) is 0 Å². The molecule has 0 rings (SSSR count). The van der Waals surface area contributed by atoms with Crippen molar-refractivity contribution in [2.75, 3.05) is 0 Å². The zero-order valence-electron chi connectivity index (χ0n) is 9.85. The second-order valence-corrected chi connectivity index (χ2v) is 8.70. The fraction of sp³-hybridized carbons (Fsp3) is 1.00. The van der Waals surface area contributed by atoms with Gasteiger partial charge < -0.3 is 0 Å². The molecular weight excluding hydrogens is 494 g/mol. The monoisotopic (exact) mass is 494 g/mol. The number of rotatable bonds is 9. The van der Waals surface area contributed by atoms with Gasteiger partial charge in [0.1, 0.15) is 0 Å². The number of phosphoric acid groups is 1. The molecule has 0 saturated carbocycles. The van der Waals surface area contributed by atoms with E-state index in [4.69, 9.17) is 69.6 Å². The molecule has 23 heavy (non-hydrogen) atoms. The van der Waals surface area contributed by atoms with Crippen LogP contribution >= 0.6 is 77.4 Å². The lowest BCUT2D eigenvalue weighted by Gasteiger charge is -2.31. The van der Waals surface area contributed by atoms with Crippen LogP contribution in [0.5, 0.6) is 0 Å². The molecule has 0 aliphatic heterocycles. The van der Waals surface area contributed by atoms with Gasteiger partial charge in [-0.15, -0.1) is 0 Å². The molecule has 4 nitrogen and oxygen atoms in total. The summed E-state index contributed by atoms with van der Waals surface area (Å²) in [7, 11) is -5.98. The fourth-order valence-electron chi connectivity index (χ4n) is 0.623. The molecule has 0 saturated heterocycles. The summed E-state index contributed by atoms with van der Waals surface area (Å²) in [5, 5.41) is 0. The first kappa shape index (κ1) is 24.4. The van der Waals surface area contributed by atoms with Gasteiger partial charge in [0.05, 0.1) is 0 Å². The number of alkyl halides is 12. The van der Waals surface area contributed by atoms with E-state index in [9.17, 15) is 30.9 Å². The molecule has 0 amide bonds. The van der Waals surface area contributed by atoms with Crippen LogP contribution in [0, 0.1) is 0 Å². The van der Waals surface area contributed by atoms with Crippen molar-refractivity contribution in [3.05, 3.63) is 0 Å². The Balaban J connectivity index is 5.67. The van der Waals surface area contributed by atoms with Crippen LogP contribution in [0.3, 0.4) is 0 Å². The van der Waals surface area contributed by atoms with Crippen molar-refractivity contribution >= 4 is 77.4 Å². The molecule has 140 valence electrons. The van der Waals surface area contributed by atoms with Gasteiger partial charge in [0, 0.05) is 0 Å². The van der Waals surface area contributed by atoms with Gasteiger partial charge in [-0.3, -0.25) is 0 Å². The van der Waals surface area contributed by atoms with Crippen molar-refractivity contribution in [1.29, 1.82) is 0 Å². The highest BCUT2D eigenvalue weighted by Crippen LogP contribution is 2.63. The Morgan fingerprint density at radius 1 is 0.609 bits per heavy atom. The van der Waals surface area contributed by atoms with Gasteiger partial charge >= 0.3 is 7.82 Å². The van der Waals surface area contributed by atoms with Crippen molar-refractivity contribution < 1.29 is 44.5 Å². The van der Waals surface area contributed by atoms with E-state index in [0.717, 1.165) is 0 Å². The third kappa shape index (κ3) is 7.68. The van der Waals surface area contributed by atoms with E-state index < -0.39 is 40.7 Å². The van der Waals surface area contributed by atoms with Gasteiger partial charge in [-0.2, -0.15) is 0 Å². The predicted octanol–water partition coefficient (Wildman–Crippen LogP) is 6.33. The Hall–Kier alpha value is 1.43. The van der Waals surface area contributed by atoms with Gasteiger partial charge in [0.2, 0.25) is 0 Å². The number of halogens is 12. The zero-order valence-corrected chi connectivity index (χ0v) is 15.3. The highest BCUT2D eigenvalue weighted by atomic mass is 35.5. The summed E-state index contributed by atoms with van der Waals surface area (Å²) in [5.74, 6) is 0. The number of hydrogen-bond donors (Lipinski definition) is 0. The normalized spacial score (nSPS) is 15.1. The van der Waals surface area contributed by atoms with Crippen molar-refractivity contribution in [3.8, 4) is 0 Å². The fourth-order valence-corrected chi connectivity index (χ4v) is 3.39. The average molecular weight is 497 g/mol. The third-order valence-corrected chi connectivity index (χ3v) is 5.10. The molecule has 17 heteroatoms. The van der Waals surface area contributed by atoms with Crippen LogP contribution < -0.4 is 0 Å². The van der Waals surface area contributed by atoms with Crippen LogP contribution in [0.1, 0.15) is 0 Å². The van der Waals surface area contributed by atoms with Gasteiger partial charge in [-0.25, -0.2) is 44.5 Å². The van der Waals surface area contributed by atoms with Crippen molar-refractivity contribution in [1.82, 2.24) is 0 Å². The number of phosphoric ester groups is 1. The maximum absolute atomic E-state index is 12.5. The lowest BCUT2D eigenvalue weighted by atomic mass is 10.8. The Labute approximate surface area is 154 Å². The van der Waals surface area contributed by atoms with Gasteiger partial charge in [0.25, 0.3) is 32.8 Å². The van der Waals surface area contributed by atoms with Gasteiger partial charge in [0.15, 0.2) is 0 Å². The van der Waals surface area contributed by atoms with Crippen LogP contribution in [0.4, 0.5) is 26.3 Å². The Morgan fingerprint density at radius 2 is 0.783 bits per heavy atom. The second-order valence-electron chi connectivity index (χ2n) is 3.31. The van der Waals surface area contributed by atoms with E-state index in [1.54, 1.807) is 0 Å². The van der Waals surface area contributed by atoms with E-state index >= 15 is 0 Å². The Morgan fingerprint density at radius 3 is 0.913 bits per heavy atom. The Bertz CT molecular complexity index is 389. The summed E-state index contributed by atoms with van der Waals surface area (Å²) in [4.78, 5) is 0. The van der Waals surface area contributed by atoms with Gasteiger partial charge in [-0.1, -0.05) is 69.6 Å². The predicted molar refractivity (Wildman–Crippen MR) is 72.2 cm³/mol. The molecule has 0 unspecified atom stereocenters. The van der Waals surface area contributed by atoms with E-state index in [1.807, 2.05) is 0 Å². The lowest BCUT2D eigenvalue weighted by Crippen LogP contribution is -2.35. The van der Waals surface area contributed by atoms with Crippen molar-refractivity contribution in [2.24, 2.45) is 0 Å². The van der Waals surface area contributed by atoms with Crippen LogP contribution in [0.15, 0.2) is 0 Å². The van der Waals surface area contributed by atoms with E-state index in [2.05, 4.69) is 13.6 Å². The van der Waals surface area contributed by atoms with Gasteiger partial charge in [-0.05, 0) is 0 Å². The topological polar surface area (TPSA) is 44.8 Å². The van der Waals surface area contributed by atoms with Crippen molar-refractivity contribution in [3.63, 3.8) is 0 Å². The molecule has 0 radical (unpaired) electrons.